The summed E-state index contributed by atoms with van der Waals surface area (Å²) in [5.74, 6) is -0.509. The molecule has 4 nitrogen and oxygen atoms in total. The summed E-state index contributed by atoms with van der Waals surface area (Å²) in [7, 11) is 0. The van der Waals surface area contributed by atoms with Crippen LogP contribution in [0.15, 0.2) is 27.1 Å². The van der Waals surface area contributed by atoms with E-state index in [9.17, 15) is 4.39 Å². The highest BCUT2D eigenvalue weighted by Crippen LogP contribution is 2.31. The molecule has 0 amide bonds. The monoisotopic (exact) mass is 412 g/mol. The van der Waals surface area contributed by atoms with Crippen LogP contribution in [-0.2, 0) is 0 Å². The smallest absolute Gasteiger partial charge is 0.149 e. The first-order chi connectivity index (χ1) is 9.88. The van der Waals surface area contributed by atoms with E-state index < -0.39 is 5.82 Å². The Bertz CT molecular complexity index is 873. The molecule has 1 aromatic heterocycles. The molecule has 0 saturated carbocycles. The molecule has 108 valence electrons. The maximum absolute atomic E-state index is 13.7. The van der Waals surface area contributed by atoms with Gasteiger partial charge in [0, 0.05) is 10.5 Å². The van der Waals surface area contributed by atoms with Crippen molar-refractivity contribution in [3.05, 3.63) is 44.1 Å². The normalized spacial score (nSPS) is 11.3. The van der Waals surface area contributed by atoms with Crippen LogP contribution in [-0.4, -0.2) is 15.0 Å². The first-order valence-corrected chi connectivity index (χ1v) is 7.74. The lowest BCUT2D eigenvalue weighted by Gasteiger charge is -2.07. The van der Waals surface area contributed by atoms with Gasteiger partial charge in [-0.25, -0.2) is 4.39 Å². The molecule has 7 heteroatoms. The highest BCUT2D eigenvalue weighted by atomic mass is 79.9. The lowest BCUT2D eigenvalue weighted by molar-refractivity contribution is 0.633. The number of fused-ring (bicyclic) bond motifs is 1. The molecule has 0 radical (unpaired) electrons. The van der Waals surface area contributed by atoms with Crippen molar-refractivity contribution in [1.82, 2.24) is 15.0 Å². The van der Waals surface area contributed by atoms with Crippen LogP contribution in [0.2, 0.25) is 0 Å². The summed E-state index contributed by atoms with van der Waals surface area (Å²) in [4.78, 5) is 1.50. The number of nitrogens with two attached hydrogens (primary N) is 1. The van der Waals surface area contributed by atoms with Crippen LogP contribution in [0.1, 0.15) is 11.1 Å². The maximum Gasteiger partial charge on any atom is 0.149 e. The zero-order valence-electron chi connectivity index (χ0n) is 11.3. The summed E-state index contributed by atoms with van der Waals surface area (Å²) in [5, 5.41) is 8.75. The van der Waals surface area contributed by atoms with Gasteiger partial charge >= 0.3 is 0 Å². The van der Waals surface area contributed by atoms with E-state index in [0.29, 0.717) is 15.5 Å². The van der Waals surface area contributed by atoms with E-state index in [2.05, 4.69) is 42.1 Å². The lowest BCUT2D eigenvalue weighted by Crippen LogP contribution is -2.02. The number of nitrogen functional groups attached to an aromatic ring is 1. The molecule has 2 N–H and O–H groups in total. The third kappa shape index (κ3) is 2.34. The highest BCUT2D eigenvalue weighted by Gasteiger charge is 2.15. The molecule has 0 aliphatic rings. The van der Waals surface area contributed by atoms with Gasteiger partial charge in [-0.05, 0) is 53.0 Å². The number of anilines is 1. The van der Waals surface area contributed by atoms with Crippen molar-refractivity contribution < 1.29 is 4.39 Å². The summed E-state index contributed by atoms with van der Waals surface area (Å²) >= 11 is 6.77. The second-order valence-corrected chi connectivity index (χ2v) is 6.48. The summed E-state index contributed by atoms with van der Waals surface area (Å²) in [6, 6.07) is 5.27. The van der Waals surface area contributed by atoms with E-state index in [1.807, 2.05) is 26.0 Å². The minimum Gasteiger partial charge on any atom is -0.395 e. The number of rotatable bonds is 1. The van der Waals surface area contributed by atoms with Gasteiger partial charge in [-0.2, -0.15) is 4.80 Å². The van der Waals surface area contributed by atoms with Crippen molar-refractivity contribution >= 4 is 48.6 Å². The molecular formula is C14H11Br2FN4. The Kier molecular flexibility index (Phi) is 3.49. The van der Waals surface area contributed by atoms with Crippen molar-refractivity contribution in [3.8, 4) is 5.69 Å². The molecule has 3 aromatic rings. The Morgan fingerprint density at radius 3 is 2.52 bits per heavy atom. The van der Waals surface area contributed by atoms with Gasteiger partial charge in [0.05, 0.1) is 15.8 Å². The van der Waals surface area contributed by atoms with Crippen LogP contribution in [0.25, 0.3) is 16.7 Å². The molecule has 0 unspecified atom stereocenters. The molecular weight excluding hydrogens is 403 g/mol. The SMILES string of the molecule is Cc1cc(-n2nc3cc(F)c(N)c(Br)c3n2)c(C)cc1Br. The van der Waals surface area contributed by atoms with Crippen LogP contribution in [0.5, 0.6) is 0 Å². The Labute approximate surface area is 137 Å². The van der Waals surface area contributed by atoms with Crippen LogP contribution in [0.4, 0.5) is 10.1 Å². The van der Waals surface area contributed by atoms with Crippen molar-refractivity contribution in [1.29, 1.82) is 0 Å². The highest BCUT2D eigenvalue weighted by molar-refractivity contribution is 9.11. The number of hydrogen-bond acceptors (Lipinski definition) is 3. The summed E-state index contributed by atoms with van der Waals surface area (Å²) < 4.78 is 15.1. The van der Waals surface area contributed by atoms with E-state index in [-0.39, 0.29) is 5.69 Å². The average Bonchev–Trinajstić information content (AvgIpc) is 2.84. The molecule has 21 heavy (non-hydrogen) atoms. The van der Waals surface area contributed by atoms with E-state index in [4.69, 9.17) is 5.73 Å². The fourth-order valence-corrected chi connectivity index (χ4v) is 3.02. The van der Waals surface area contributed by atoms with Crippen molar-refractivity contribution in [2.45, 2.75) is 13.8 Å². The van der Waals surface area contributed by atoms with Gasteiger partial charge in [0.25, 0.3) is 0 Å². The van der Waals surface area contributed by atoms with Crippen molar-refractivity contribution in [2.75, 3.05) is 5.73 Å². The number of halogens is 3. The minimum atomic E-state index is -0.509. The number of benzene rings is 2. The van der Waals surface area contributed by atoms with E-state index >= 15 is 0 Å². The molecule has 2 aromatic carbocycles. The molecule has 0 fully saturated rings. The predicted molar refractivity (Wildman–Crippen MR) is 88.1 cm³/mol. The van der Waals surface area contributed by atoms with Crippen molar-refractivity contribution in [3.63, 3.8) is 0 Å². The van der Waals surface area contributed by atoms with Crippen molar-refractivity contribution in [2.24, 2.45) is 0 Å². The molecule has 1 heterocycles. The second kappa shape index (κ2) is 5.06. The zero-order valence-corrected chi connectivity index (χ0v) is 14.5. The summed E-state index contributed by atoms with van der Waals surface area (Å²) in [6.07, 6.45) is 0. The molecule has 0 bridgehead atoms. The number of hydrogen-bond donors (Lipinski definition) is 1. The van der Waals surface area contributed by atoms with Gasteiger partial charge in [0.1, 0.15) is 16.9 Å². The van der Waals surface area contributed by atoms with E-state index in [0.717, 1.165) is 21.3 Å². The minimum absolute atomic E-state index is 0.0401. The number of aromatic nitrogens is 3. The van der Waals surface area contributed by atoms with Crippen LogP contribution < -0.4 is 5.73 Å². The Morgan fingerprint density at radius 1 is 1.10 bits per heavy atom. The van der Waals surface area contributed by atoms with E-state index in [1.165, 1.54) is 10.9 Å². The second-order valence-electron chi connectivity index (χ2n) is 4.83. The summed E-state index contributed by atoms with van der Waals surface area (Å²) in [5.41, 5.74) is 9.62. The molecule has 0 aliphatic heterocycles. The Balaban J connectivity index is 2.27. The standard InChI is InChI=1S/C14H11Br2FN4/c1-6-4-11(7(2)3-8(6)15)21-19-10-5-9(17)13(18)12(16)14(10)20-21/h3-5H,18H2,1-2H3. The first-order valence-electron chi connectivity index (χ1n) is 6.16. The third-order valence-corrected chi connectivity index (χ3v) is 4.95. The van der Waals surface area contributed by atoms with Gasteiger partial charge in [0.15, 0.2) is 0 Å². The quantitative estimate of drug-likeness (QED) is 0.605. The first kappa shape index (κ1) is 14.5. The van der Waals surface area contributed by atoms with Gasteiger partial charge in [0.2, 0.25) is 0 Å². The van der Waals surface area contributed by atoms with Gasteiger partial charge in [-0.3, -0.25) is 0 Å². The molecule has 0 atom stereocenters. The molecule has 3 rings (SSSR count). The zero-order chi connectivity index (χ0) is 15.3. The number of aryl methyl sites for hydroxylation is 2. The fraction of sp³-hybridized carbons (Fsp3) is 0.143. The topological polar surface area (TPSA) is 56.7 Å². The number of nitrogens with zero attached hydrogens (tertiary/aromatic N) is 3. The van der Waals surface area contributed by atoms with Crippen LogP contribution >= 0.6 is 31.9 Å². The third-order valence-electron chi connectivity index (χ3n) is 3.30. The van der Waals surface area contributed by atoms with Gasteiger partial charge in [-0.1, -0.05) is 15.9 Å². The van der Waals surface area contributed by atoms with E-state index in [1.54, 1.807) is 0 Å². The van der Waals surface area contributed by atoms with Gasteiger partial charge in [-0.15, -0.1) is 10.2 Å². The van der Waals surface area contributed by atoms with Crippen LogP contribution in [0, 0.1) is 19.7 Å². The molecule has 0 spiro atoms. The van der Waals surface area contributed by atoms with Gasteiger partial charge < -0.3 is 5.73 Å². The largest absolute Gasteiger partial charge is 0.395 e. The summed E-state index contributed by atoms with van der Waals surface area (Å²) in [6.45, 7) is 3.96. The fourth-order valence-electron chi connectivity index (χ4n) is 2.09. The average molecular weight is 414 g/mol. The maximum atomic E-state index is 13.7. The predicted octanol–water partition coefficient (Wildman–Crippen LogP) is 4.28. The molecule has 0 saturated heterocycles. The molecule has 0 aliphatic carbocycles. The Morgan fingerprint density at radius 2 is 1.81 bits per heavy atom. The lowest BCUT2D eigenvalue weighted by atomic mass is 10.1. The Hall–Kier alpha value is -1.47. The van der Waals surface area contributed by atoms with Crippen LogP contribution in [0.3, 0.4) is 0 Å².